The maximum Gasteiger partial charge on any atom is 0.0370 e. The summed E-state index contributed by atoms with van der Waals surface area (Å²) in [5, 5.41) is 3.44. The zero-order valence-corrected chi connectivity index (χ0v) is 19.9. The molecule has 1 aliphatic carbocycles. The molecule has 1 nitrogen and oxygen atoms in total. The highest BCUT2D eigenvalue weighted by Crippen LogP contribution is 2.44. The van der Waals surface area contributed by atoms with E-state index < -0.39 is 0 Å². The predicted octanol–water partition coefficient (Wildman–Crippen LogP) is 9.17. The fourth-order valence-electron chi connectivity index (χ4n) is 5.64. The number of hydrogen-bond acceptors (Lipinski definition) is 1. The van der Waals surface area contributed by atoms with E-state index in [1.165, 1.54) is 120 Å². The number of para-hydroxylation sites is 1. The van der Waals surface area contributed by atoms with Gasteiger partial charge in [0.1, 0.15) is 0 Å². The Morgan fingerprint density at radius 2 is 1.31 bits per heavy atom. The van der Waals surface area contributed by atoms with E-state index in [1.807, 2.05) is 0 Å². The summed E-state index contributed by atoms with van der Waals surface area (Å²) < 4.78 is 0. The van der Waals surface area contributed by atoms with Gasteiger partial charge in [-0.25, -0.2) is 0 Å². The first-order chi connectivity index (χ1) is 14.2. The molecular formula is C28H49N. The van der Waals surface area contributed by atoms with Crippen molar-refractivity contribution in [2.75, 3.05) is 12.4 Å². The highest BCUT2D eigenvalue weighted by molar-refractivity contribution is 5.51. The molecular weight excluding hydrogens is 350 g/mol. The molecule has 0 aliphatic heterocycles. The van der Waals surface area contributed by atoms with Gasteiger partial charge in [-0.15, -0.1) is 0 Å². The molecule has 2 unspecified atom stereocenters. The Kier molecular flexibility index (Phi) is 11.8. The van der Waals surface area contributed by atoms with Crippen molar-refractivity contribution < 1.29 is 0 Å². The van der Waals surface area contributed by atoms with E-state index in [9.17, 15) is 0 Å². The van der Waals surface area contributed by atoms with Crippen molar-refractivity contribution in [1.82, 2.24) is 0 Å². The van der Waals surface area contributed by atoms with Crippen LogP contribution in [0, 0.1) is 11.3 Å². The Morgan fingerprint density at radius 3 is 1.86 bits per heavy atom. The lowest BCUT2D eigenvalue weighted by molar-refractivity contribution is 0.131. The van der Waals surface area contributed by atoms with Crippen molar-refractivity contribution in [2.45, 2.75) is 123 Å². The standard InChI is InChI=1S/C28H49N/c1-4-28(24-26-21-17-18-22-27(26)29-3)23-19-15-13-11-9-7-5-6-8-10-12-14-16-20-25(28)2/h17-18,21-22,25,29H,4-16,19-20,23-24H2,1-3H3. The molecule has 1 aromatic carbocycles. The van der Waals surface area contributed by atoms with Gasteiger partial charge in [-0.1, -0.05) is 122 Å². The van der Waals surface area contributed by atoms with Gasteiger partial charge in [0.05, 0.1) is 0 Å². The molecule has 2 atom stereocenters. The molecule has 29 heavy (non-hydrogen) atoms. The first kappa shape index (κ1) is 24.3. The minimum absolute atomic E-state index is 0.459. The molecule has 2 rings (SSSR count). The molecule has 0 heterocycles. The van der Waals surface area contributed by atoms with E-state index in [1.54, 1.807) is 0 Å². The van der Waals surface area contributed by atoms with E-state index in [0.717, 1.165) is 5.92 Å². The van der Waals surface area contributed by atoms with Crippen LogP contribution in [-0.2, 0) is 6.42 Å². The van der Waals surface area contributed by atoms with Gasteiger partial charge in [0.25, 0.3) is 0 Å². The summed E-state index contributed by atoms with van der Waals surface area (Å²) in [4.78, 5) is 0. The molecule has 0 radical (unpaired) electrons. The first-order valence-electron chi connectivity index (χ1n) is 13.0. The average molecular weight is 400 g/mol. The van der Waals surface area contributed by atoms with Gasteiger partial charge in [-0.2, -0.15) is 0 Å². The van der Waals surface area contributed by atoms with Crippen LogP contribution in [0.3, 0.4) is 0 Å². The third-order valence-corrected chi connectivity index (χ3v) is 7.89. The van der Waals surface area contributed by atoms with Gasteiger partial charge in [0.2, 0.25) is 0 Å². The van der Waals surface area contributed by atoms with Crippen LogP contribution in [0.5, 0.6) is 0 Å². The number of rotatable bonds is 4. The second kappa shape index (κ2) is 14.1. The Balaban J connectivity index is 2.08. The SMILES string of the molecule is CCC1(Cc2ccccc2NC)CCCCCCCCCCCCCCCC1C. The lowest BCUT2D eigenvalue weighted by Crippen LogP contribution is -2.31. The van der Waals surface area contributed by atoms with Gasteiger partial charge in [-0.05, 0) is 42.2 Å². The number of hydrogen-bond donors (Lipinski definition) is 1. The third-order valence-electron chi connectivity index (χ3n) is 7.89. The van der Waals surface area contributed by atoms with Gasteiger partial charge in [0, 0.05) is 12.7 Å². The maximum absolute atomic E-state index is 3.44. The zero-order valence-electron chi connectivity index (χ0n) is 19.9. The highest BCUT2D eigenvalue weighted by Gasteiger charge is 2.34. The van der Waals surface area contributed by atoms with Crippen molar-refractivity contribution >= 4 is 5.69 Å². The van der Waals surface area contributed by atoms with Crippen LogP contribution in [0.15, 0.2) is 24.3 Å². The Bertz CT molecular complexity index is 537. The van der Waals surface area contributed by atoms with E-state index in [4.69, 9.17) is 0 Å². The molecule has 1 heteroatoms. The summed E-state index contributed by atoms with van der Waals surface area (Å²) in [5.41, 5.74) is 3.31. The number of nitrogens with one attached hydrogen (secondary N) is 1. The van der Waals surface area contributed by atoms with Gasteiger partial charge in [0.15, 0.2) is 0 Å². The summed E-state index contributed by atoms with van der Waals surface area (Å²) in [5.74, 6) is 0.813. The quantitative estimate of drug-likeness (QED) is 0.532. The van der Waals surface area contributed by atoms with Crippen LogP contribution >= 0.6 is 0 Å². The minimum atomic E-state index is 0.459. The summed E-state index contributed by atoms with van der Waals surface area (Å²) in [6.45, 7) is 5.03. The molecule has 0 aromatic heterocycles. The van der Waals surface area contributed by atoms with Crippen LogP contribution < -0.4 is 5.32 Å². The van der Waals surface area contributed by atoms with Crippen molar-refractivity contribution in [3.63, 3.8) is 0 Å². The minimum Gasteiger partial charge on any atom is -0.388 e. The Morgan fingerprint density at radius 1 is 0.793 bits per heavy atom. The molecule has 0 bridgehead atoms. The molecule has 0 amide bonds. The molecule has 1 N–H and O–H groups in total. The maximum atomic E-state index is 3.44. The van der Waals surface area contributed by atoms with Crippen LogP contribution in [0.25, 0.3) is 0 Å². The molecule has 1 aromatic rings. The van der Waals surface area contributed by atoms with E-state index in [-0.39, 0.29) is 0 Å². The van der Waals surface area contributed by atoms with Crippen LogP contribution in [0.4, 0.5) is 5.69 Å². The summed E-state index contributed by atoms with van der Waals surface area (Å²) in [6.07, 6.45) is 24.2. The van der Waals surface area contributed by atoms with Gasteiger partial charge >= 0.3 is 0 Å². The molecule has 1 fully saturated rings. The normalized spacial score (nSPS) is 26.5. The zero-order chi connectivity index (χ0) is 20.8. The van der Waals surface area contributed by atoms with Crippen LogP contribution in [-0.4, -0.2) is 7.05 Å². The predicted molar refractivity (Wildman–Crippen MR) is 131 cm³/mol. The smallest absolute Gasteiger partial charge is 0.0370 e. The Labute approximate surface area is 182 Å². The average Bonchev–Trinajstić information content (AvgIpc) is 2.75. The second-order valence-electron chi connectivity index (χ2n) is 9.84. The topological polar surface area (TPSA) is 12.0 Å². The van der Waals surface area contributed by atoms with Crippen LogP contribution in [0.1, 0.15) is 122 Å². The molecule has 0 saturated heterocycles. The number of benzene rings is 1. The van der Waals surface area contributed by atoms with Crippen molar-refractivity contribution in [1.29, 1.82) is 0 Å². The molecule has 166 valence electrons. The first-order valence-corrected chi connectivity index (χ1v) is 13.0. The fourth-order valence-corrected chi connectivity index (χ4v) is 5.64. The summed E-state index contributed by atoms with van der Waals surface area (Å²) in [6, 6.07) is 9.00. The van der Waals surface area contributed by atoms with Crippen LogP contribution in [0.2, 0.25) is 0 Å². The fraction of sp³-hybridized carbons (Fsp3) is 0.786. The van der Waals surface area contributed by atoms with E-state index >= 15 is 0 Å². The van der Waals surface area contributed by atoms with Crippen molar-refractivity contribution in [3.05, 3.63) is 29.8 Å². The number of anilines is 1. The largest absolute Gasteiger partial charge is 0.388 e. The van der Waals surface area contributed by atoms with E-state index in [0.29, 0.717) is 5.41 Å². The van der Waals surface area contributed by atoms with Gasteiger partial charge in [-0.3, -0.25) is 0 Å². The summed E-state index contributed by atoms with van der Waals surface area (Å²) >= 11 is 0. The highest BCUT2D eigenvalue weighted by atomic mass is 14.8. The Hall–Kier alpha value is -0.980. The van der Waals surface area contributed by atoms with E-state index in [2.05, 4.69) is 50.5 Å². The lowest BCUT2D eigenvalue weighted by atomic mass is 9.65. The van der Waals surface area contributed by atoms with Crippen molar-refractivity contribution in [3.8, 4) is 0 Å². The molecule has 1 aliphatic rings. The van der Waals surface area contributed by atoms with Gasteiger partial charge < -0.3 is 5.32 Å². The lowest BCUT2D eigenvalue weighted by Gasteiger charge is -2.40. The second-order valence-corrected chi connectivity index (χ2v) is 9.84. The van der Waals surface area contributed by atoms with Crippen molar-refractivity contribution in [2.24, 2.45) is 11.3 Å². The monoisotopic (exact) mass is 399 g/mol. The third kappa shape index (κ3) is 8.35. The molecule has 1 saturated carbocycles. The summed E-state index contributed by atoms with van der Waals surface area (Å²) in [7, 11) is 2.07. The molecule has 0 spiro atoms.